The summed E-state index contributed by atoms with van der Waals surface area (Å²) in [5.41, 5.74) is 3.39. The predicted octanol–water partition coefficient (Wildman–Crippen LogP) is 1.44. The lowest BCUT2D eigenvalue weighted by atomic mass is 10.0. The van der Waals surface area contributed by atoms with Crippen molar-refractivity contribution in [2.75, 3.05) is 19.6 Å². The topological polar surface area (TPSA) is 72.3 Å². The molecule has 0 unspecified atom stereocenters. The van der Waals surface area contributed by atoms with Gasteiger partial charge in [0, 0.05) is 32.6 Å². The Balaban J connectivity index is 1.25. The number of carbonyl (C=O) groups excluding carboxylic acids is 1. The maximum atomic E-state index is 12.2. The average molecular weight is 355 g/mol. The molecule has 1 fully saturated rings. The van der Waals surface area contributed by atoms with Gasteiger partial charge in [-0.3, -0.25) is 4.79 Å². The number of amides is 1. The molecule has 7 nitrogen and oxygen atoms in total. The molecule has 2 aromatic rings. The van der Waals surface area contributed by atoms with Gasteiger partial charge in [-0.25, -0.2) is 4.68 Å². The fraction of sp³-hybridized carbons (Fsp3) is 0.526. The number of aromatic nitrogens is 3. The van der Waals surface area contributed by atoms with Crippen molar-refractivity contribution in [1.29, 1.82) is 0 Å². The molecule has 0 aliphatic carbocycles. The Kier molecular flexibility index (Phi) is 4.99. The van der Waals surface area contributed by atoms with Crippen LogP contribution in [0.3, 0.4) is 0 Å². The molecule has 1 aromatic heterocycles. The molecule has 0 bridgehead atoms. The van der Waals surface area contributed by atoms with Crippen molar-refractivity contribution in [3.63, 3.8) is 0 Å². The molecule has 2 atom stereocenters. The highest BCUT2D eigenvalue weighted by molar-refractivity contribution is 5.76. The second kappa shape index (κ2) is 7.55. The van der Waals surface area contributed by atoms with Gasteiger partial charge < -0.3 is 15.0 Å². The van der Waals surface area contributed by atoms with Crippen molar-refractivity contribution in [3.05, 3.63) is 47.3 Å². The first-order valence-corrected chi connectivity index (χ1v) is 9.24. The van der Waals surface area contributed by atoms with Crippen LogP contribution in [0.2, 0.25) is 0 Å². The Morgan fingerprint density at radius 1 is 1.35 bits per heavy atom. The zero-order valence-corrected chi connectivity index (χ0v) is 15.1. The second-order valence-electron chi connectivity index (χ2n) is 7.19. The largest absolute Gasteiger partial charge is 0.370 e. The van der Waals surface area contributed by atoms with Gasteiger partial charge in [-0.2, -0.15) is 0 Å². The third-order valence-corrected chi connectivity index (χ3v) is 5.28. The first kappa shape index (κ1) is 17.2. The van der Waals surface area contributed by atoms with Gasteiger partial charge in [0.15, 0.2) is 0 Å². The fourth-order valence-corrected chi connectivity index (χ4v) is 3.70. The first-order valence-electron chi connectivity index (χ1n) is 9.24. The van der Waals surface area contributed by atoms with Crippen molar-refractivity contribution in [2.45, 2.75) is 45.1 Å². The molecular formula is C19H25N5O2. The van der Waals surface area contributed by atoms with Crippen LogP contribution in [0.15, 0.2) is 30.5 Å². The van der Waals surface area contributed by atoms with Crippen molar-refractivity contribution in [3.8, 4) is 0 Å². The van der Waals surface area contributed by atoms with E-state index in [0.717, 1.165) is 37.3 Å². The lowest BCUT2D eigenvalue weighted by molar-refractivity contribution is -0.122. The van der Waals surface area contributed by atoms with E-state index in [2.05, 4.69) is 51.7 Å². The van der Waals surface area contributed by atoms with Crippen LogP contribution in [-0.4, -0.2) is 51.5 Å². The summed E-state index contributed by atoms with van der Waals surface area (Å²) in [6.07, 6.45) is 3.45. The van der Waals surface area contributed by atoms with Gasteiger partial charge in [0.25, 0.3) is 0 Å². The molecule has 4 rings (SSSR count). The van der Waals surface area contributed by atoms with E-state index in [0.29, 0.717) is 19.6 Å². The second-order valence-corrected chi connectivity index (χ2v) is 7.19. The number of likely N-dealkylation sites (tertiary alicyclic amines) is 1. The number of aryl methyl sites for hydroxylation is 1. The van der Waals surface area contributed by atoms with Crippen molar-refractivity contribution in [2.24, 2.45) is 0 Å². The fourth-order valence-electron chi connectivity index (χ4n) is 3.70. The normalized spacial score (nSPS) is 22.5. The molecule has 2 aliphatic heterocycles. The summed E-state index contributed by atoms with van der Waals surface area (Å²) in [6, 6.07) is 8.44. The quantitative estimate of drug-likeness (QED) is 0.879. The molecular weight excluding hydrogens is 330 g/mol. The monoisotopic (exact) mass is 355 g/mol. The Morgan fingerprint density at radius 3 is 3.04 bits per heavy atom. The molecule has 138 valence electrons. The molecule has 0 saturated carbocycles. The van der Waals surface area contributed by atoms with E-state index < -0.39 is 0 Å². The number of hydrogen-bond donors (Lipinski definition) is 1. The Hall–Kier alpha value is -2.25. The van der Waals surface area contributed by atoms with Gasteiger partial charge in [-0.1, -0.05) is 35.0 Å². The standard InChI is InChI=1S/C19H25N5O2/c1-14-2-4-15(5-3-14)10-20-19(25)7-9-23-8-6-18-17(12-23)24-16(13-26-18)11-21-22-24/h2-5,11,17-18H,6-10,12-13H2,1H3,(H,20,25)/t17-,18-/m1/s1. The number of ether oxygens (including phenoxy) is 1. The van der Waals surface area contributed by atoms with Crippen molar-refractivity contribution in [1.82, 2.24) is 25.2 Å². The number of carbonyl (C=O) groups is 1. The van der Waals surface area contributed by atoms with E-state index in [1.807, 2.05) is 4.68 Å². The lowest BCUT2D eigenvalue weighted by Gasteiger charge is -2.40. The minimum atomic E-state index is 0.0917. The van der Waals surface area contributed by atoms with E-state index in [1.165, 1.54) is 5.56 Å². The predicted molar refractivity (Wildman–Crippen MR) is 96.3 cm³/mol. The maximum absolute atomic E-state index is 12.2. The molecule has 1 aromatic carbocycles. The molecule has 7 heteroatoms. The van der Waals surface area contributed by atoms with Gasteiger partial charge in [-0.05, 0) is 18.9 Å². The van der Waals surface area contributed by atoms with Crippen LogP contribution in [0.5, 0.6) is 0 Å². The highest BCUT2D eigenvalue weighted by atomic mass is 16.5. The Labute approximate surface area is 153 Å². The van der Waals surface area contributed by atoms with Crippen LogP contribution >= 0.6 is 0 Å². The van der Waals surface area contributed by atoms with Gasteiger partial charge in [0.1, 0.15) is 0 Å². The molecule has 1 N–H and O–H groups in total. The van der Waals surface area contributed by atoms with E-state index >= 15 is 0 Å². The molecule has 3 heterocycles. The van der Waals surface area contributed by atoms with E-state index in [1.54, 1.807) is 6.20 Å². The highest BCUT2D eigenvalue weighted by Crippen LogP contribution is 2.29. The zero-order valence-electron chi connectivity index (χ0n) is 15.1. The van der Waals surface area contributed by atoms with Crippen LogP contribution in [-0.2, 0) is 22.7 Å². The van der Waals surface area contributed by atoms with Gasteiger partial charge in [-0.15, -0.1) is 5.10 Å². The van der Waals surface area contributed by atoms with Crippen molar-refractivity contribution >= 4 is 5.91 Å². The number of fused-ring (bicyclic) bond motifs is 3. The minimum Gasteiger partial charge on any atom is -0.370 e. The third kappa shape index (κ3) is 3.78. The van der Waals surface area contributed by atoms with Gasteiger partial charge >= 0.3 is 0 Å². The number of benzene rings is 1. The van der Waals surface area contributed by atoms with Crippen LogP contribution < -0.4 is 5.32 Å². The summed E-state index contributed by atoms with van der Waals surface area (Å²) >= 11 is 0. The smallest absolute Gasteiger partial charge is 0.221 e. The maximum Gasteiger partial charge on any atom is 0.221 e. The molecule has 0 radical (unpaired) electrons. The zero-order chi connectivity index (χ0) is 17.9. The summed E-state index contributed by atoms with van der Waals surface area (Å²) in [5.74, 6) is 0.0917. The molecule has 1 saturated heterocycles. The van der Waals surface area contributed by atoms with E-state index in [9.17, 15) is 4.79 Å². The van der Waals surface area contributed by atoms with Crippen molar-refractivity contribution < 1.29 is 9.53 Å². The highest BCUT2D eigenvalue weighted by Gasteiger charge is 2.36. The molecule has 2 aliphatic rings. The number of nitrogens with one attached hydrogen (secondary N) is 1. The summed E-state index contributed by atoms with van der Waals surface area (Å²) in [4.78, 5) is 14.5. The number of piperidine rings is 1. The van der Waals surface area contributed by atoms with Crippen LogP contribution in [0.1, 0.15) is 35.7 Å². The summed E-state index contributed by atoms with van der Waals surface area (Å²) in [7, 11) is 0. The number of nitrogens with zero attached hydrogens (tertiary/aromatic N) is 4. The first-order chi connectivity index (χ1) is 12.7. The molecule has 1 amide bonds. The van der Waals surface area contributed by atoms with Gasteiger partial charge in [0.2, 0.25) is 5.91 Å². The summed E-state index contributed by atoms with van der Waals surface area (Å²) in [5, 5.41) is 11.2. The van der Waals surface area contributed by atoms with E-state index in [-0.39, 0.29) is 18.1 Å². The Bertz CT molecular complexity index is 758. The van der Waals surface area contributed by atoms with E-state index in [4.69, 9.17) is 4.74 Å². The average Bonchev–Trinajstić information content (AvgIpc) is 3.15. The SMILES string of the molecule is Cc1ccc(CNC(=O)CCN2CC[C@H]3OCc4cnnn4[C@@H]3C2)cc1. The molecule has 26 heavy (non-hydrogen) atoms. The summed E-state index contributed by atoms with van der Waals surface area (Å²) < 4.78 is 7.93. The number of hydrogen-bond acceptors (Lipinski definition) is 5. The van der Waals surface area contributed by atoms with Crippen LogP contribution in [0, 0.1) is 6.92 Å². The van der Waals surface area contributed by atoms with Gasteiger partial charge in [0.05, 0.1) is 30.6 Å². The minimum absolute atomic E-state index is 0.0917. The third-order valence-electron chi connectivity index (χ3n) is 5.28. The Morgan fingerprint density at radius 2 is 2.19 bits per heavy atom. The summed E-state index contributed by atoms with van der Waals surface area (Å²) in [6.45, 7) is 5.80. The number of rotatable bonds is 5. The van der Waals surface area contributed by atoms with Crippen LogP contribution in [0.25, 0.3) is 0 Å². The van der Waals surface area contributed by atoms with Crippen LogP contribution in [0.4, 0.5) is 0 Å². The molecule has 0 spiro atoms. The lowest BCUT2D eigenvalue weighted by Crippen LogP contribution is -2.48.